The minimum atomic E-state index is 0.00194. The molecule has 0 amide bonds. The quantitative estimate of drug-likeness (QED) is 0.382. The molecule has 1 aliphatic heterocycles. The Labute approximate surface area is 130 Å². The first-order valence-electron chi connectivity index (χ1n) is 7.12. The summed E-state index contributed by atoms with van der Waals surface area (Å²) < 4.78 is 0. The smallest absolute Gasteiger partial charge is 0.171 e. The number of hydrogen-bond donors (Lipinski definition) is 2. The Morgan fingerprint density at radius 2 is 2.10 bits per heavy atom. The third kappa shape index (κ3) is 3.77. The molecular formula is C14H22ClN5O. The average Bonchev–Trinajstić information content (AvgIpc) is 2.47. The van der Waals surface area contributed by atoms with Gasteiger partial charge in [0.15, 0.2) is 5.84 Å². The Balaban J connectivity index is 2.10. The molecule has 2 rings (SSSR count). The minimum Gasteiger partial charge on any atom is -0.409 e. The van der Waals surface area contributed by atoms with Crippen molar-refractivity contribution >= 4 is 23.3 Å². The summed E-state index contributed by atoms with van der Waals surface area (Å²) in [5.74, 6) is 1.37. The average molecular weight is 312 g/mol. The number of halogens is 1. The van der Waals surface area contributed by atoms with E-state index in [1.54, 1.807) is 12.3 Å². The molecule has 0 saturated carbocycles. The van der Waals surface area contributed by atoms with Crippen LogP contribution in [0.1, 0.15) is 19.4 Å². The first-order chi connectivity index (χ1) is 10.0. The Hall–Kier alpha value is -1.53. The molecule has 0 unspecified atom stereocenters. The molecule has 1 aromatic heterocycles. The summed E-state index contributed by atoms with van der Waals surface area (Å²) in [4.78, 5) is 8.94. The van der Waals surface area contributed by atoms with Gasteiger partial charge in [-0.2, -0.15) is 0 Å². The van der Waals surface area contributed by atoms with Gasteiger partial charge in [-0.1, -0.05) is 30.6 Å². The van der Waals surface area contributed by atoms with E-state index in [2.05, 4.69) is 33.8 Å². The lowest BCUT2D eigenvalue weighted by Gasteiger charge is -2.36. The standard InChI is InChI=1S/C14H22ClN5O/c1-10(2)9-19-5-7-20(8-6-19)14-12(15)11(3-4-17-14)13(16)18-21/h3-4,10,21H,5-9H2,1-2H3,(H2,16,18). The number of rotatable bonds is 4. The molecule has 0 radical (unpaired) electrons. The molecular weight excluding hydrogens is 290 g/mol. The summed E-state index contributed by atoms with van der Waals surface area (Å²) in [5.41, 5.74) is 6.14. The van der Waals surface area contributed by atoms with Crippen molar-refractivity contribution in [1.82, 2.24) is 9.88 Å². The third-order valence-corrected chi connectivity index (χ3v) is 3.92. The third-order valence-electron chi connectivity index (χ3n) is 3.55. The van der Waals surface area contributed by atoms with Gasteiger partial charge in [-0.25, -0.2) is 4.98 Å². The van der Waals surface area contributed by atoms with Crippen LogP contribution in [0.15, 0.2) is 17.4 Å². The van der Waals surface area contributed by atoms with Crippen molar-refractivity contribution in [3.8, 4) is 0 Å². The van der Waals surface area contributed by atoms with Gasteiger partial charge in [-0.05, 0) is 12.0 Å². The van der Waals surface area contributed by atoms with Gasteiger partial charge in [0.25, 0.3) is 0 Å². The number of hydrogen-bond acceptors (Lipinski definition) is 5. The number of nitrogens with two attached hydrogens (primary N) is 1. The van der Waals surface area contributed by atoms with E-state index < -0.39 is 0 Å². The van der Waals surface area contributed by atoms with Crippen molar-refractivity contribution in [2.75, 3.05) is 37.6 Å². The van der Waals surface area contributed by atoms with E-state index in [1.165, 1.54) is 0 Å². The molecule has 1 fully saturated rings. The number of pyridine rings is 1. The van der Waals surface area contributed by atoms with Gasteiger partial charge in [0.05, 0.1) is 5.02 Å². The number of nitrogens with zero attached hydrogens (tertiary/aromatic N) is 4. The number of piperazine rings is 1. The van der Waals surface area contributed by atoms with Gasteiger partial charge < -0.3 is 15.8 Å². The topological polar surface area (TPSA) is 78.0 Å². The van der Waals surface area contributed by atoms with E-state index >= 15 is 0 Å². The molecule has 6 nitrogen and oxygen atoms in total. The van der Waals surface area contributed by atoms with E-state index in [9.17, 15) is 0 Å². The highest BCUT2D eigenvalue weighted by Gasteiger charge is 2.22. The number of anilines is 1. The van der Waals surface area contributed by atoms with Crippen LogP contribution in [0.4, 0.5) is 5.82 Å². The maximum Gasteiger partial charge on any atom is 0.171 e. The summed E-state index contributed by atoms with van der Waals surface area (Å²) in [6.07, 6.45) is 1.63. The summed E-state index contributed by atoms with van der Waals surface area (Å²) in [6, 6.07) is 1.65. The fourth-order valence-electron chi connectivity index (χ4n) is 2.56. The van der Waals surface area contributed by atoms with Crippen LogP contribution in [-0.2, 0) is 0 Å². The highest BCUT2D eigenvalue weighted by molar-refractivity contribution is 6.36. The van der Waals surface area contributed by atoms with E-state index in [0.29, 0.717) is 22.3 Å². The van der Waals surface area contributed by atoms with Crippen molar-refractivity contribution in [2.45, 2.75) is 13.8 Å². The summed E-state index contributed by atoms with van der Waals surface area (Å²) in [5, 5.41) is 12.2. The van der Waals surface area contributed by atoms with Gasteiger partial charge in [0.2, 0.25) is 0 Å². The molecule has 0 bridgehead atoms. The molecule has 116 valence electrons. The van der Waals surface area contributed by atoms with Gasteiger partial charge in [0, 0.05) is 44.5 Å². The fourth-order valence-corrected chi connectivity index (χ4v) is 2.89. The lowest BCUT2D eigenvalue weighted by atomic mass is 10.2. The molecule has 21 heavy (non-hydrogen) atoms. The highest BCUT2D eigenvalue weighted by Crippen LogP contribution is 2.27. The summed E-state index contributed by atoms with van der Waals surface area (Å²) in [6.45, 7) is 9.29. The van der Waals surface area contributed by atoms with Crippen LogP contribution in [0.25, 0.3) is 0 Å². The van der Waals surface area contributed by atoms with Gasteiger partial charge in [-0.15, -0.1) is 0 Å². The molecule has 2 heterocycles. The molecule has 0 aliphatic carbocycles. The predicted octanol–water partition coefficient (Wildman–Crippen LogP) is 1.61. The van der Waals surface area contributed by atoms with Gasteiger partial charge >= 0.3 is 0 Å². The van der Waals surface area contributed by atoms with E-state index in [-0.39, 0.29) is 5.84 Å². The van der Waals surface area contributed by atoms with Gasteiger partial charge in [-0.3, -0.25) is 4.90 Å². The lowest BCUT2D eigenvalue weighted by Crippen LogP contribution is -2.47. The van der Waals surface area contributed by atoms with Crippen LogP contribution in [0, 0.1) is 5.92 Å². The summed E-state index contributed by atoms with van der Waals surface area (Å²) in [7, 11) is 0. The predicted molar refractivity (Wildman–Crippen MR) is 85.2 cm³/mol. The Bertz CT molecular complexity index is 512. The van der Waals surface area contributed by atoms with Crippen molar-refractivity contribution in [3.05, 3.63) is 22.8 Å². The fraction of sp³-hybridized carbons (Fsp3) is 0.571. The molecule has 7 heteroatoms. The van der Waals surface area contributed by atoms with Crippen LogP contribution >= 0.6 is 11.6 Å². The van der Waals surface area contributed by atoms with Crippen LogP contribution < -0.4 is 10.6 Å². The van der Waals surface area contributed by atoms with Crippen molar-refractivity contribution < 1.29 is 5.21 Å². The zero-order valence-electron chi connectivity index (χ0n) is 12.5. The highest BCUT2D eigenvalue weighted by atomic mass is 35.5. The first-order valence-corrected chi connectivity index (χ1v) is 7.50. The second kappa shape index (κ2) is 6.95. The van der Waals surface area contributed by atoms with Crippen molar-refractivity contribution in [1.29, 1.82) is 0 Å². The van der Waals surface area contributed by atoms with Gasteiger partial charge in [0.1, 0.15) is 5.82 Å². The zero-order chi connectivity index (χ0) is 15.4. The minimum absolute atomic E-state index is 0.00194. The maximum atomic E-state index is 8.80. The molecule has 0 atom stereocenters. The van der Waals surface area contributed by atoms with Crippen LogP contribution in [0.5, 0.6) is 0 Å². The van der Waals surface area contributed by atoms with Crippen LogP contribution in [-0.4, -0.2) is 53.7 Å². The molecule has 0 aromatic carbocycles. The zero-order valence-corrected chi connectivity index (χ0v) is 13.2. The van der Waals surface area contributed by atoms with Crippen molar-refractivity contribution in [2.24, 2.45) is 16.8 Å². The monoisotopic (exact) mass is 311 g/mol. The maximum absolute atomic E-state index is 8.80. The second-order valence-electron chi connectivity index (χ2n) is 5.66. The number of amidine groups is 1. The van der Waals surface area contributed by atoms with Crippen LogP contribution in [0.3, 0.4) is 0 Å². The first kappa shape index (κ1) is 15.9. The van der Waals surface area contributed by atoms with E-state index in [0.717, 1.165) is 32.7 Å². The molecule has 3 N–H and O–H groups in total. The summed E-state index contributed by atoms with van der Waals surface area (Å²) >= 11 is 6.35. The largest absolute Gasteiger partial charge is 0.409 e. The second-order valence-corrected chi connectivity index (χ2v) is 6.04. The SMILES string of the molecule is CC(C)CN1CCN(c2nccc(/C(N)=N/O)c2Cl)CC1. The van der Waals surface area contributed by atoms with Crippen LogP contribution in [0.2, 0.25) is 5.02 Å². The van der Waals surface area contributed by atoms with E-state index in [4.69, 9.17) is 22.5 Å². The Morgan fingerprint density at radius 3 is 2.67 bits per heavy atom. The number of oxime groups is 1. The van der Waals surface area contributed by atoms with Crippen molar-refractivity contribution in [3.63, 3.8) is 0 Å². The molecule has 1 aromatic rings. The molecule has 0 spiro atoms. The lowest BCUT2D eigenvalue weighted by molar-refractivity contribution is 0.231. The normalized spacial score (nSPS) is 17.5. The Morgan fingerprint density at radius 1 is 1.43 bits per heavy atom. The number of aromatic nitrogens is 1. The molecule has 1 aliphatic rings. The Kier molecular flexibility index (Phi) is 5.25. The molecule has 1 saturated heterocycles. The van der Waals surface area contributed by atoms with E-state index in [1.807, 2.05) is 0 Å².